The van der Waals surface area contributed by atoms with Gasteiger partial charge in [-0.15, -0.1) is 11.3 Å². The number of guanidine groups is 1. The molecule has 0 unspecified atom stereocenters. The molecule has 0 aliphatic rings. The normalized spacial score (nSPS) is 12.2. The molecule has 0 aliphatic carbocycles. The molecule has 0 amide bonds. The van der Waals surface area contributed by atoms with Gasteiger partial charge in [0.15, 0.2) is 5.96 Å². The van der Waals surface area contributed by atoms with Crippen LogP contribution in [0.1, 0.15) is 22.9 Å². The van der Waals surface area contributed by atoms with Gasteiger partial charge in [0.2, 0.25) is 10.0 Å². The first kappa shape index (κ1) is 18.4. The van der Waals surface area contributed by atoms with E-state index >= 15 is 0 Å². The lowest BCUT2D eigenvalue weighted by atomic mass is 10.2. The average molecular weight is 367 g/mol. The van der Waals surface area contributed by atoms with Crippen LogP contribution in [0.3, 0.4) is 0 Å². The van der Waals surface area contributed by atoms with Crippen LogP contribution in [0.25, 0.3) is 0 Å². The second-order valence-corrected chi connectivity index (χ2v) is 7.83. The van der Waals surface area contributed by atoms with Crippen LogP contribution in [0.2, 0.25) is 0 Å². The third kappa shape index (κ3) is 5.33. The number of primary sulfonamides is 1. The molecule has 1 heterocycles. The van der Waals surface area contributed by atoms with Crippen molar-refractivity contribution in [3.63, 3.8) is 0 Å². The number of benzene rings is 1. The highest BCUT2D eigenvalue weighted by Crippen LogP contribution is 2.15. The van der Waals surface area contributed by atoms with E-state index in [-0.39, 0.29) is 4.90 Å². The van der Waals surface area contributed by atoms with E-state index in [2.05, 4.69) is 34.0 Å². The molecule has 1 aromatic heterocycles. The zero-order chi connectivity index (χ0) is 17.6. The molecule has 2 rings (SSSR count). The maximum absolute atomic E-state index is 11.4. The Labute approximate surface area is 146 Å². The molecule has 0 bridgehead atoms. The predicted molar refractivity (Wildman–Crippen MR) is 98.5 cm³/mol. The van der Waals surface area contributed by atoms with Crippen LogP contribution >= 0.6 is 11.3 Å². The van der Waals surface area contributed by atoms with Crippen molar-refractivity contribution in [1.82, 2.24) is 10.6 Å². The minimum atomic E-state index is -3.70. The molecule has 0 saturated carbocycles. The van der Waals surface area contributed by atoms with E-state index in [9.17, 15) is 8.42 Å². The van der Waals surface area contributed by atoms with Crippen molar-refractivity contribution in [3.05, 3.63) is 51.7 Å². The molecule has 0 fully saturated rings. The van der Waals surface area contributed by atoms with Crippen LogP contribution in [0, 0.1) is 6.92 Å². The number of sulfonamides is 1. The summed E-state index contributed by atoms with van der Waals surface area (Å²) in [6.45, 7) is 5.88. The molecule has 0 saturated heterocycles. The molecule has 0 atom stereocenters. The number of nitrogens with one attached hydrogen (secondary N) is 2. The van der Waals surface area contributed by atoms with E-state index in [1.54, 1.807) is 23.5 Å². The molecule has 0 spiro atoms. The van der Waals surface area contributed by atoms with Gasteiger partial charge in [-0.25, -0.2) is 18.5 Å². The number of nitrogens with two attached hydrogens (primary N) is 1. The van der Waals surface area contributed by atoms with Gasteiger partial charge >= 0.3 is 0 Å². The second kappa shape index (κ2) is 8.27. The summed E-state index contributed by atoms with van der Waals surface area (Å²) in [4.78, 5) is 5.86. The molecule has 1 aromatic carbocycles. The molecule has 4 N–H and O–H groups in total. The van der Waals surface area contributed by atoms with Crippen molar-refractivity contribution in [3.8, 4) is 0 Å². The summed E-state index contributed by atoms with van der Waals surface area (Å²) >= 11 is 1.70. The summed E-state index contributed by atoms with van der Waals surface area (Å²) in [7, 11) is -3.70. The standard InChI is InChI=1S/C16H22N4O2S2/c1-3-18-16(20-11-15-12(2)7-8-23-15)19-10-13-5-4-6-14(9-13)24(17,21)22/h4-9H,3,10-11H2,1-2H3,(H2,17,21,22)(H2,18,19,20). The smallest absolute Gasteiger partial charge is 0.238 e. The first-order chi connectivity index (χ1) is 11.4. The Hall–Kier alpha value is -1.90. The topological polar surface area (TPSA) is 96.6 Å². The lowest BCUT2D eigenvalue weighted by molar-refractivity contribution is 0.597. The maximum atomic E-state index is 11.4. The molecular formula is C16H22N4O2S2. The van der Waals surface area contributed by atoms with Crippen LogP contribution in [0.15, 0.2) is 45.6 Å². The van der Waals surface area contributed by atoms with Gasteiger partial charge in [0.05, 0.1) is 18.0 Å². The summed E-state index contributed by atoms with van der Waals surface area (Å²) in [5.74, 6) is 0.686. The summed E-state index contributed by atoms with van der Waals surface area (Å²) in [5.41, 5.74) is 2.04. The van der Waals surface area contributed by atoms with Crippen molar-refractivity contribution in [2.75, 3.05) is 6.54 Å². The molecule has 6 nitrogen and oxygen atoms in total. The van der Waals surface area contributed by atoms with Gasteiger partial charge in [0.25, 0.3) is 0 Å². The van der Waals surface area contributed by atoms with Gasteiger partial charge in [-0.2, -0.15) is 0 Å². The monoisotopic (exact) mass is 366 g/mol. The molecule has 0 aliphatic heterocycles. The molecule has 2 aromatic rings. The molecule has 24 heavy (non-hydrogen) atoms. The fourth-order valence-electron chi connectivity index (χ4n) is 2.08. The van der Waals surface area contributed by atoms with Crippen molar-refractivity contribution < 1.29 is 8.42 Å². The Balaban J connectivity index is 2.06. The summed E-state index contributed by atoms with van der Waals surface area (Å²) in [5, 5.41) is 13.7. The van der Waals surface area contributed by atoms with E-state index in [1.807, 2.05) is 13.0 Å². The largest absolute Gasteiger partial charge is 0.357 e. The van der Waals surface area contributed by atoms with Gasteiger partial charge in [0, 0.05) is 11.4 Å². The highest BCUT2D eigenvalue weighted by Gasteiger charge is 2.08. The van der Waals surface area contributed by atoms with E-state index in [4.69, 9.17) is 5.14 Å². The SMILES string of the molecule is CCNC(=NCc1cccc(S(N)(=O)=O)c1)NCc1sccc1C. The van der Waals surface area contributed by atoms with Gasteiger partial charge in [-0.05, 0) is 48.6 Å². The Morgan fingerprint density at radius 2 is 2.08 bits per heavy atom. The average Bonchev–Trinajstić information content (AvgIpc) is 2.95. The van der Waals surface area contributed by atoms with Crippen molar-refractivity contribution >= 4 is 27.3 Å². The lowest BCUT2D eigenvalue weighted by Gasteiger charge is -2.11. The Morgan fingerprint density at radius 1 is 1.29 bits per heavy atom. The summed E-state index contributed by atoms with van der Waals surface area (Å²) in [6.07, 6.45) is 0. The zero-order valence-electron chi connectivity index (χ0n) is 13.7. The third-order valence-corrected chi connectivity index (χ3v) is 5.31. The summed E-state index contributed by atoms with van der Waals surface area (Å²) < 4.78 is 22.8. The molecule has 8 heteroatoms. The van der Waals surface area contributed by atoms with Crippen LogP contribution in [-0.4, -0.2) is 20.9 Å². The maximum Gasteiger partial charge on any atom is 0.238 e. The van der Waals surface area contributed by atoms with Crippen LogP contribution < -0.4 is 15.8 Å². The minimum Gasteiger partial charge on any atom is -0.357 e. The molecular weight excluding hydrogens is 344 g/mol. The van der Waals surface area contributed by atoms with E-state index in [0.29, 0.717) is 19.0 Å². The number of hydrogen-bond acceptors (Lipinski definition) is 4. The lowest BCUT2D eigenvalue weighted by Crippen LogP contribution is -2.36. The van der Waals surface area contributed by atoms with E-state index in [1.165, 1.54) is 16.5 Å². The van der Waals surface area contributed by atoms with Crippen LogP contribution in [0.4, 0.5) is 0 Å². The van der Waals surface area contributed by atoms with Crippen molar-refractivity contribution in [2.24, 2.45) is 10.1 Å². The van der Waals surface area contributed by atoms with Gasteiger partial charge in [-0.1, -0.05) is 12.1 Å². The molecule has 130 valence electrons. The van der Waals surface area contributed by atoms with Gasteiger partial charge < -0.3 is 10.6 Å². The number of aliphatic imine (C=N–C) groups is 1. The highest BCUT2D eigenvalue weighted by atomic mass is 32.2. The number of hydrogen-bond donors (Lipinski definition) is 3. The van der Waals surface area contributed by atoms with Crippen molar-refractivity contribution in [2.45, 2.75) is 31.8 Å². The number of nitrogens with zero attached hydrogens (tertiary/aromatic N) is 1. The number of aryl methyl sites for hydroxylation is 1. The first-order valence-corrected chi connectivity index (χ1v) is 9.99. The van der Waals surface area contributed by atoms with E-state index in [0.717, 1.165) is 12.1 Å². The Kier molecular flexibility index (Phi) is 6.36. The third-order valence-electron chi connectivity index (χ3n) is 3.38. The zero-order valence-corrected chi connectivity index (χ0v) is 15.4. The Bertz CT molecular complexity index is 813. The minimum absolute atomic E-state index is 0.0994. The Morgan fingerprint density at radius 3 is 2.71 bits per heavy atom. The van der Waals surface area contributed by atoms with Gasteiger partial charge in [0.1, 0.15) is 0 Å². The highest BCUT2D eigenvalue weighted by molar-refractivity contribution is 7.89. The molecule has 0 radical (unpaired) electrons. The van der Waals surface area contributed by atoms with Crippen LogP contribution in [0.5, 0.6) is 0 Å². The fourth-order valence-corrected chi connectivity index (χ4v) is 3.51. The number of rotatable bonds is 6. The predicted octanol–water partition coefficient (Wildman–Crippen LogP) is 1.96. The van der Waals surface area contributed by atoms with Gasteiger partial charge in [-0.3, -0.25) is 0 Å². The number of thiophene rings is 1. The quantitative estimate of drug-likeness (QED) is 0.538. The first-order valence-electron chi connectivity index (χ1n) is 7.57. The van der Waals surface area contributed by atoms with Crippen LogP contribution in [-0.2, 0) is 23.1 Å². The fraction of sp³-hybridized carbons (Fsp3) is 0.312. The van der Waals surface area contributed by atoms with Crippen molar-refractivity contribution in [1.29, 1.82) is 0 Å². The summed E-state index contributed by atoms with van der Waals surface area (Å²) in [6, 6.07) is 8.60. The van der Waals surface area contributed by atoms with E-state index < -0.39 is 10.0 Å². The second-order valence-electron chi connectivity index (χ2n) is 5.27.